The first-order valence-corrected chi connectivity index (χ1v) is 8.68. The van der Waals surface area contributed by atoms with E-state index in [9.17, 15) is 4.79 Å². The van der Waals surface area contributed by atoms with Gasteiger partial charge in [0.2, 0.25) is 0 Å². The molecule has 3 rings (SSSR count). The summed E-state index contributed by atoms with van der Waals surface area (Å²) in [4.78, 5) is 12.8. The van der Waals surface area contributed by atoms with E-state index in [-0.39, 0.29) is 5.78 Å². The molecule has 0 bridgehead atoms. The summed E-state index contributed by atoms with van der Waals surface area (Å²) in [5.74, 6) is 0.0481. The Morgan fingerprint density at radius 3 is 2.27 bits per heavy atom. The fraction of sp³-hybridized carbons (Fsp3) is 0. The van der Waals surface area contributed by atoms with Crippen molar-refractivity contribution in [2.45, 2.75) is 0 Å². The second-order valence-electron chi connectivity index (χ2n) is 4.86. The Balaban J connectivity index is 2.15. The second kappa shape index (κ2) is 6.75. The number of halogens is 2. The minimum atomic E-state index is 0.0481. The first-order chi connectivity index (χ1) is 10.7. The molecule has 0 aliphatic rings. The Hall–Kier alpha value is -1.46. The highest BCUT2D eigenvalue weighted by atomic mass is 127. The Bertz CT molecular complexity index is 828. The highest BCUT2D eigenvalue weighted by Crippen LogP contribution is 2.31. The summed E-state index contributed by atoms with van der Waals surface area (Å²) in [5, 5.41) is 0. The molecule has 0 saturated carbocycles. The van der Waals surface area contributed by atoms with Crippen molar-refractivity contribution in [1.29, 1.82) is 0 Å². The summed E-state index contributed by atoms with van der Waals surface area (Å²) in [6.07, 6.45) is 0. The van der Waals surface area contributed by atoms with Crippen LogP contribution in [-0.2, 0) is 0 Å². The molecule has 0 radical (unpaired) electrons. The minimum absolute atomic E-state index is 0.0481. The molecule has 0 atom stereocenters. The molecule has 0 fully saturated rings. The standard InChI is InChI=1S/C19H12BrIO/c20-14-10-11-18(21)17(12-14)15-8-4-5-9-16(15)19(22)13-6-2-1-3-7-13/h1-12H. The monoisotopic (exact) mass is 462 g/mol. The lowest BCUT2D eigenvalue weighted by atomic mass is 9.94. The molecule has 0 spiro atoms. The van der Waals surface area contributed by atoms with Crippen molar-refractivity contribution in [1.82, 2.24) is 0 Å². The molecule has 108 valence electrons. The lowest BCUT2D eigenvalue weighted by Gasteiger charge is -2.11. The molecule has 3 aromatic rings. The van der Waals surface area contributed by atoms with Gasteiger partial charge in [0.1, 0.15) is 0 Å². The van der Waals surface area contributed by atoms with Gasteiger partial charge in [-0.05, 0) is 51.9 Å². The van der Waals surface area contributed by atoms with Gasteiger partial charge in [-0.1, -0.05) is 70.5 Å². The van der Waals surface area contributed by atoms with Crippen molar-refractivity contribution < 1.29 is 4.79 Å². The molecule has 3 heteroatoms. The summed E-state index contributed by atoms with van der Waals surface area (Å²) in [5.41, 5.74) is 3.46. The van der Waals surface area contributed by atoms with E-state index in [0.717, 1.165) is 24.7 Å². The van der Waals surface area contributed by atoms with Crippen LogP contribution in [0.3, 0.4) is 0 Å². The minimum Gasteiger partial charge on any atom is -0.289 e. The van der Waals surface area contributed by atoms with Crippen LogP contribution in [0.4, 0.5) is 0 Å². The van der Waals surface area contributed by atoms with E-state index in [1.807, 2.05) is 66.7 Å². The first kappa shape index (κ1) is 15.4. The summed E-state index contributed by atoms with van der Waals surface area (Å²) >= 11 is 5.82. The number of benzene rings is 3. The number of hydrogen-bond acceptors (Lipinski definition) is 1. The van der Waals surface area contributed by atoms with E-state index in [4.69, 9.17) is 0 Å². The van der Waals surface area contributed by atoms with E-state index in [1.54, 1.807) is 0 Å². The van der Waals surface area contributed by atoms with Gasteiger partial charge in [0.15, 0.2) is 5.78 Å². The highest BCUT2D eigenvalue weighted by molar-refractivity contribution is 14.1. The van der Waals surface area contributed by atoms with Gasteiger partial charge in [0, 0.05) is 19.2 Å². The maximum Gasteiger partial charge on any atom is 0.193 e. The van der Waals surface area contributed by atoms with Crippen molar-refractivity contribution in [3.8, 4) is 11.1 Å². The molecule has 0 aliphatic heterocycles. The molecule has 0 N–H and O–H groups in total. The van der Waals surface area contributed by atoms with E-state index in [2.05, 4.69) is 44.6 Å². The third-order valence-corrected chi connectivity index (χ3v) is 4.86. The first-order valence-electron chi connectivity index (χ1n) is 6.81. The molecule has 0 aliphatic carbocycles. The zero-order valence-corrected chi connectivity index (χ0v) is 15.3. The average Bonchev–Trinajstić information content (AvgIpc) is 2.57. The average molecular weight is 463 g/mol. The van der Waals surface area contributed by atoms with Crippen LogP contribution < -0.4 is 0 Å². The summed E-state index contributed by atoms with van der Waals surface area (Å²) in [6.45, 7) is 0. The number of ketones is 1. The number of carbonyl (C=O) groups excluding carboxylic acids is 1. The maximum absolute atomic E-state index is 12.8. The number of rotatable bonds is 3. The van der Waals surface area contributed by atoms with Crippen LogP contribution >= 0.6 is 38.5 Å². The maximum atomic E-state index is 12.8. The van der Waals surface area contributed by atoms with Crippen molar-refractivity contribution >= 4 is 44.3 Å². The van der Waals surface area contributed by atoms with Crippen molar-refractivity contribution in [2.75, 3.05) is 0 Å². The van der Waals surface area contributed by atoms with E-state index >= 15 is 0 Å². The lowest BCUT2D eigenvalue weighted by Crippen LogP contribution is -2.03. The van der Waals surface area contributed by atoms with Crippen LogP contribution in [0.15, 0.2) is 77.3 Å². The fourth-order valence-electron chi connectivity index (χ4n) is 2.36. The quantitative estimate of drug-likeness (QED) is 0.347. The molecule has 0 unspecified atom stereocenters. The van der Waals surface area contributed by atoms with Crippen molar-refractivity contribution in [3.63, 3.8) is 0 Å². The van der Waals surface area contributed by atoms with Crippen LogP contribution in [0.5, 0.6) is 0 Å². The molecule has 22 heavy (non-hydrogen) atoms. The van der Waals surface area contributed by atoms with E-state index in [1.165, 1.54) is 0 Å². The second-order valence-corrected chi connectivity index (χ2v) is 6.94. The smallest absolute Gasteiger partial charge is 0.193 e. The van der Waals surface area contributed by atoms with Gasteiger partial charge in [0.25, 0.3) is 0 Å². The van der Waals surface area contributed by atoms with Crippen molar-refractivity contribution in [3.05, 3.63) is 92.0 Å². The number of hydrogen-bond donors (Lipinski definition) is 0. The predicted octanol–water partition coefficient (Wildman–Crippen LogP) is 5.95. The van der Waals surface area contributed by atoms with Crippen LogP contribution in [0, 0.1) is 3.57 Å². The largest absolute Gasteiger partial charge is 0.289 e. The Labute approximate surface area is 151 Å². The Morgan fingerprint density at radius 1 is 0.818 bits per heavy atom. The summed E-state index contributed by atoms with van der Waals surface area (Å²) < 4.78 is 2.12. The van der Waals surface area contributed by atoms with Gasteiger partial charge >= 0.3 is 0 Å². The topological polar surface area (TPSA) is 17.1 Å². The summed E-state index contributed by atoms with van der Waals surface area (Å²) in [6, 6.07) is 23.3. The molecule has 0 saturated heterocycles. The molecule has 0 amide bonds. The normalized spacial score (nSPS) is 10.5. The Kier molecular flexibility index (Phi) is 4.74. The summed E-state index contributed by atoms with van der Waals surface area (Å²) in [7, 11) is 0. The van der Waals surface area contributed by atoms with Gasteiger partial charge in [0.05, 0.1) is 0 Å². The molecule has 3 aromatic carbocycles. The molecule has 0 aromatic heterocycles. The van der Waals surface area contributed by atoms with Crippen molar-refractivity contribution in [2.24, 2.45) is 0 Å². The SMILES string of the molecule is O=C(c1ccccc1)c1ccccc1-c1cc(Br)ccc1I. The molecule has 1 nitrogen and oxygen atoms in total. The van der Waals surface area contributed by atoms with Crippen LogP contribution in [0.25, 0.3) is 11.1 Å². The third-order valence-electron chi connectivity index (χ3n) is 3.43. The molecule has 0 heterocycles. The fourth-order valence-corrected chi connectivity index (χ4v) is 3.35. The zero-order valence-electron chi connectivity index (χ0n) is 11.6. The zero-order chi connectivity index (χ0) is 15.5. The predicted molar refractivity (Wildman–Crippen MR) is 102 cm³/mol. The molecular weight excluding hydrogens is 451 g/mol. The van der Waals surface area contributed by atoms with Crippen LogP contribution in [0.2, 0.25) is 0 Å². The molecular formula is C19H12BrIO. The van der Waals surface area contributed by atoms with Gasteiger partial charge in [-0.15, -0.1) is 0 Å². The van der Waals surface area contributed by atoms with E-state index < -0.39 is 0 Å². The third kappa shape index (κ3) is 3.15. The van der Waals surface area contributed by atoms with Gasteiger partial charge in [-0.2, -0.15) is 0 Å². The van der Waals surface area contributed by atoms with Crippen LogP contribution in [0.1, 0.15) is 15.9 Å². The lowest BCUT2D eigenvalue weighted by molar-refractivity contribution is 0.103. The Morgan fingerprint density at radius 2 is 1.50 bits per heavy atom. The van der Waals surface area contributed by atoms with Crippen LogP contribution in [-0.4, -0.2) is 5.78 Å². The van der Waals surface area contributed by atoms with Gasteiger partial charge < -0.3 is 0 Å². The van der Waals surface area contributed by atoms with Gasteiger partial charge in [-0.3, -0.25) is 4.79 Å². The van der Waals surface area contributed by atoms with Gasteiger partial charge in [-0.25, -0.2) is 0 Å². The number of carbonyl (C=O) groups is 1. The highest BCUT2D eigenvalue weighted by Gasteiger charge is 2.15. The van der Waals surface area contributed by atoms with E-state index in [0.29, 0.717) is 5.56 Å².